The largest absolute Gasteiger partial charge is 0.495 e. The van der Waals surface area contributed by atoms with Crippen molar-refractivity contribution < 1.29 is 9.84 Å². The first-order chi connectivity index (χ1) is 8.34. The van der Waals surface area contributed by atoms with Gasteiger partial charge in [0.1, 0.15) is 11.9 Å². The Morgan fingerprint density at radius 3 is 3.06 bits per heavy atom. The third-order valence-corrected chi connectivity index (χ3v) is 2.94. The summed E-state index contributed by atoms with van der Waals surface area (Å²) in [6.07, 6.45) is 3.92. The number of hydrogen-bond donors (Lipinski definition) is 1. The van der Waals surface area contributed by atoms with Gasteiger partial charge in [-0.3, -0.25) is 4.98 Å². The fourth-order valence-corrected chi connectivity index (χ4v) is 2.06. The minimum absolute atomic E-state index is 0.660. The molecule has 0 aliphatic carbocycles. The lowest BCUT2D eigenvalue weighted by Gasteiger charge is -2.13. The van der Waals surface area contributed by atoms with Crippen LogP contribution in [0.25, 0.3) is 10.9 Å². The van der Waals surface area contributed by atoms with E-state index in [9.17, 15) is 5.11 Å². The molecule has 17 heavy (non-hydrogen) atoms. The van der Waals surface area contributed by atoms with Crippen molar-refractivity contribution in [3.63, 3.8) is 0 Å². The lowest BCUT2D eigenvalue weighted by molar-refractivity contribution is 0.119. The maximum atomic E-state index is 10.2. The number of nitrogens with zero attached hydrogens (tertiary/aromatic N) is 1. The summed E-state index contributed by atoms with van der Waals surface area (Å²) in [5.41, 5.74) is 1.78. The molecule has 1 aromatic heterocycles. The summed E-state index contributed by atoms with van der Waals surface area (Å²) >= 11 is 0. The lowest BCUT2D eigenvalue weighted by Crippen LogP contribution is -2.02. The van der Waals surface area contributed by atoms with E-state index in [1.807, 2.05) is 36.4 Å². The highest BCUT2D eigenvalue weighted by atomic mass is 16.5. The van der Waals surface area contributed by atoms with Gasteiger partial charge in [-0.2, -0.15) is 0 Å². The molecule has 1 N–H and O–H groups in total. The van der Waals surface area contributed by atoms with E-state index in [1.165, 1.54) is 0 Å². The summed E-state index contributed by atoms with van der Waals surface area (Å²) in [5.74, 6) is 0.660. The summed E-state index contributed by atoms with van der Waals surface area (Å²) in [4.78, 5) is 4.25. The zero-order valence-corrected chi connectivity index (χ0v) is 9.34. The van der Waals surface area contributed by atoms with E-state index in [0.717, 1.165) is 22.9 Å². The van der Waals surface area contributed by atoms with Crippen LogP contribution in [0.4, 0.5) is 0 Å². The highest BCUT2D eigenvalue weighted by Crippen LogP contribution is 2.27. The van der Waals surface area contributed by atoms with Crippen LogP contribution in [-0.4, -0.2) is 16.7 Å². The van der Waals surface area contributed by atoms with Crippen molar-refractivity contribution in [2.24, 2.45) is 0 Å². The Kier molecular flexibility index (Phi) is 2.53. The predicted molar refractivity (Wildman–Crippen MR) is 65.4 cm³/mol. The summed E-state index contributed by atoms with van der Waals surface area (Å²) in [5, 5.41) is 11.2. The molecular formula is C14H13NO2. The molecule has 0 amide bonds. The van der Waals surface area contributed by atoms with Gasteiger partial charge < -0.3 is 9.84 Å². The second-order valence-electron chi connectivity index (χ2n) is 4.10. The van der Waals surface area contributed by atoms with Crippen LogP contribution in [0.3, 0.4) is 0 Å². The molecule has 0 saturated heterocycles. The van der Waals surface area contributed by atoms with Crippen LogP contribution < -0.4 is 0 Å². The van der Waals surface area contributed by atoms with E-state index < -0.39 is 6.10 Å². The Hall–Kier alpha value is -1.87. The van der Waals surface area contributed by atoms with Crippen molar-refractivity contribution in [1.82, 2.24) is 4.98 Å². The smallest absolute Gasteiger partial charge is 0.136 e. The SMILES string of the molecule is OC(C1=CCCO1)c1ccc2ncccc2c1. The van der Waals surface area contributed by atoms with Gasteiger partial charge in [0, 0.05) is 18.0 Å². The Bertz CT molecular complexity index is 577. The van der Waals surface area contributed by atoms with E-state index in [4.69, 9.17) is 4.74 Å². The highest BCUT2D eigenvalue weighted by Gasteiger charge is 2.18. The lowest BCUT2D eigenvalue weighted by atomic mass is 10.0. The van der Waals surface area contributed by atoms with Crippen LogP contribution in [0.5, 0.6) is 0 Å². The number of rotatable bonds is 2. The normalized spacial score (nSPS) is 16.6. The molecule has 0 spiro atoms. The molecular weight excluding hydrogens is 214 g/mol. The molecule has 1 aromatic carbocycles. The van der Waals surface area contributed by atoms with Gasteiger partial charge in [0.15, 0.2) is 0 Å². The first kappa shape index (κ1) is 10.3. The molecule has 3 heteroatoms. The summed E-state index contributed by atoms with van der Waals surface area (Å²) < 4.78 is 5.38. The van der Waals surface area contributed by atoms with Crippen LogP contribution in [0, 0.1) is 0 Å². The van der Waals surface area contributed by atoms with Crippen molar-refractivity contribution in [1.29, 1.82) is 0 Å². The molecule has 0 bridgehead atoms. The predicted octanol–water partition coefficient (Wildman–Crippen LogP) is 2.57. The summed E-state index contributed by atoms with van der Waals surface area (Å²) in [7, 11) is 0. The Labute approximate surface area is 99.4 Å². The number of benzene rings is 1. The van der Waals surface area contributed by atoms with E-state index in [0.29, 0.717) is 12.4 Å². The second kappa shape index (κ2) is 4.18. The molecule has 1 aliphatic heterocycles. The van der Waals surface area contributed by atoms with E-state index in [2.05, 4.69) is 4.98 Å². The van der Waals surface area contributed by atoms with Crippen molar-refractivity contribution in [3.8, 4) is 0 Å². The van der Waals surface area contributed by atoms with Crippen molar-refractivity contribution in [2.45, 2.75) is 12.5 Å². The van der Waals surface area contributed by atoms with Crippen LogP contribution in [0.2, 0.25) is 0 Å². The maximum Gasteiger partial charge on any atom is 0.136 e. The maximum absolute atomic E-state index is 10.2. The number of pyridine rings is 1. The third kappa shape index (κ3) is 1.89. The van der Waals surface area contributed by atoms with Gasteiger partial charge in [-0.25, -0.2) is 0 Å². The van der Waals surface area contributed by atoms with Crippen molar-refractivity contribution >= 4 is 10.9 Å². The van der Waals surface area contributed by atoms with E-state index >= 15 is 0 Å². The molecule has 1 aliphatic rings. The van der Waals surface area contributed by atoms with Gasteiger partial charge in [-0.15, -0.1) is 0 Å². The summed E-state index contributed by atoms with van der Waals surface area (Å²) in [6.45, 7) is 0.668. The topological polar surface area (TPSA) is 42.4 Å². The average molecular weight is 227 g/mol. The monoisotopic (exact) mass is 227 g/mol. The van der Waals surface area contributed by atoms with Crippen LogP contribution in [-0.2, 0) is 4.74 Å². The second-order valence-corrected chi connectivity index (χ2v) is 4.10. The van der Waals surface area contributed by atoms with Crippen molar-refractivity contribution in [3.05, 3.63) is 53.9 Å². The van der Waals surface area contributed by atoms with Crippen LogP contribution >= 0.6 is 0 Å². The van der Waals surface area contributed by atoms with Gasteiger partial charge in [0.2, 0.25) is 0 Å². The fraction of sp³-hybridized carbons (Fsp3) is 0.214. The number of fused-ring (bicyclic) bond motifs is 1. The molecule has 86 valence electrons. The summed E-state index contributed by atoms with van der Waals surface area (Å²) in [6, 6.07) is 9.65. The van der Waals surface area contributed by atoms with E-state index in [-0.39, 0.29) is 0 Å². The van der Waals surface area contributed by atoms with Gasteiger partial charge in [0.05, 0.1) is 12.1 Å². The number of aromatic nitrogens is 1. The van der Waals surface area contributed by atoms with Crippen LogP contribution in [0.15, 0.2) is 48.4 Å². The van der Waals surface area contributed by atoms with E-state index in [1.54, 1.807) is 6.20 Å². The Balaban J connectivity index is 2.00. The minimum atomic E-state index is -0.665. The first-order valence-electron chi connectivity index (χ1n) is 5.70. The molecule has 1 atom stereocenters. The highest BCUT2D eigenvalue weighted by molar-refractivity contribution is 5.79. The minimum Gasteiger partial charge on any atom is -0.495 e. The van der Waals surface area contributed by atoms with Gasteiger partial charge >= 0.3 is 0 Å². The van der Waals surface area contributed by atoms with Crippen LogP contribution in [0.1, 0.15) is 18.1 Å². The number of ether oxygens (including phenoxy) is 1. The van der Waals surface area contributed by atoms with Gasteiger partial charge in [-0.1, -0.05) is 12.1 Å². The van der Waals surface area contributed by atoms with Gasteiger partial charge in [-0.05, 0) is 29.8 Å². The third-order valence-electron chi connectivity index (χ3n) is 2.94. The Morgan fingerprint density at radius 1 is 1.29 bits per heavy atom. The quantitative estimate of drug-likeness (QED) is 0.857. The van der Waals surface area contributed by atoms with Crippen molar-refractivity contribution in [2.75, 3.05) is 6.61 Å². The zero-order valence-electron chi connectivity index (χ0n) is 9.34. The fourth-order valence-electron chi connectivity index (χ4n) is 2.06. The molecule has 3 nitrogen and oxygen atoms in total. The standard InChI is InChI=1S/C14H13NO2/c16-14(13-4-2-8-17-13)11-5-6-12-10(9-11)3-1-7-15-12/h1,3-7,9,14,16H,2,8H2. The molecule has 2 heterocycles. The first-order valence-corrected chi connectivity index (χ1v) is 5.70. The number of hydrogen-bond acceptors (Lipinski definition) is 3. The molecule has 2 aromatic rings. The average Bonchev–Trinajstić information content (AvgIpc) is 2.91. The van der Waals surface area contributed by atoms with Gasteiger partial charge in [0.25, 0.3) is 0 Å². The molecule has 0 saturated carbocycles. The Morgan fingerprint density at radius 2 is 2.24 bits per heavy atom. The number of aliphatic hydroxyl groups is 1. The molecule has 0 fully saturated rings. The molecule has 3 rings (SSSR count). The zero-order chi connectivity index (χ0) is 11.7. The number of aliphatic hydroxyl groups excluding tert-OH is 1. The molecule has 1 unspecified atom stereocenters. The molecule has 0 radical (unpaired) electrons.